The van der Waals surface area contributed by atoms with Crippen LogP contribution in [0.2, 0.25) is 24.2 Å². The van der Waals surface area contributed by atoms with Crippen LogP contribution in [0.4, 0.5) is 13.2 Å². The molecule has 39 heavy (non-hydrogen) atoms. The van der Waals surface area contributed by atoms with Gasteiger partial charge in [0.1, 0.15) is 24.4 Å². The van der Waals surface area contributed by atoms with Gasteiger partial charge >= 0.3 is 12.1 Å². The number of halogens is 4. The van der Waals surface area contributed by atoms with Crippen LogP contribution in [0, 0.1) is 12.3 Å². The average molecular weight is 583 g/mol. The molecule has 0 amide bonds. The second kappa shape index (κ2) is 11.6. The number of carboxylic acid groups (broad SMARTS) is 1. The van der Waals surface area contributed by atoms with Crippen molar-refractivity contribution in [2.75, 3.05) is 13.2 Å². The van der Waals surface area contributed by atoms with Crippen molar-refractivity contribution < 1.29 is 32.5 Å². The lowest BCUT2D eigenvalue weighted by molar-refractivity contribution is -0.157. The molecule has 0 saturated heterocycles. The van der Waals surface area contributed by atoms with Gasteiger partial charge < -0.3 is 19.1 Å². The molecule has 1 aliphatic carbocycles. The van der Waals surface area contributed by atoms with Gasteiger partial charge in [0.2, 0.25) is 5.88 Å². The summed E-state index contributed by atoms with van der Waals surface area (Å²) in [5.41, 5.74) is 0.271. The third kappa shape index (κ3) is 6.61. The number of carboxylic acids is 1. The van der Waals surface area contributed by atoms with Crippen LogP contribution in [-0.2, 0) is 22.4 Å². The number of imidazole rings is 1. The van der Waals surface area contributed by atoms with E-state index in [0.29, 0.717) is 36.5 Å². The van der Waals surface area contributed by atoms with E-state index in [4.69, 9.17) is 21.1 Å². The smallest absolute Gasteiger partial charge is 0.434 e. The molecule has 1 saturated carbocycles. The van der Waals surface area contributed by atoms with Crippen molar-refractivity contribution in [3.63, 3.8) is 0 Å². The number of aryl methyl sites for hydroxylation is 1. The average Bonchev–Trinajstić information content (AvgIpc) is 3.25. The maximum Gasteiger partial charge on any atom is 0.434 e. The molecule has 4 rings (SSSR count). The van der Waals surface area contributed by atoms with Crippen LogP contribution in [-0.4, -0.2) is 52.6 Å². The van der Waals surface area contributed by atoms with Crippen LogP contribution in [0.3, 0.4) is 0 Å². The zero-order valence-corrected chi connectivity index (χ0v) is 23.8. The maximum atomic E-state index is 13.4. The summed E-state index contributed by atoms with van der Waals surface area (Å²) in [7, 11) is -0.857. The van der Waals surface area contributed by atoms with Crippen LogP contribution in [0.1, 0.15) is 30.5 Å². The Labute approximate surface area is 230 Å². The number of ether oxygens (including phenoxy) is 2. The van der Waals surface area contributed by atoms with Crippen molar-refractivity contribution in [1.29, 1.82) is 0 Å². The van der Waals surface area contributed by atoms with Gasteiger partial charge in [-0.05, 0) is 37.4 Å². The first kappa shape index (κ1) is 29.0. The molecule has 3 aromatic rings. The summed E-state index contributed by atoms with van der Waals surface area (Å²) >= 11 is 6.51. The van der Waals surface area contributed by atoms with Crippen molar-refractivity contribution in [3.05, 3.63) is 47.0 Å². The van der Waals surface area contributed by atoms with Crippen molar-refractivity contribution >= 4 is 26.4 Å². The predicted octanol–water partition coefficient (Wildman–Crippen LogP) is 6.08. The second-order valence-corrected chi connectivity index (χ2v) is 14.0. The lowest BCUT2D eigenvalue weighted by atomic mass is 9.69. The summed E-state index contributed by atoms with van der Waals surface area (Å²) in [6.45, 7) is 6.56. The summed E-state index contributed by atoms with van der Waals surface area (Å²) in [6, 6.07) is 4.20. The Hall–Kier alpha value is -2.96. The minimum absolute atomic E-state index is 0.0392. The number of pyridine rings is 2. The lowest BCUT2D eigenvalue weighted by Gasteiger charge is -2.36. The molecule has 210 valence electrons. The number of alkyl halides is 3. The van der Waals surface area contributed by atoms with Crippen LogP contribution in [0.25, 0.3) is 22.6 Å². The molecule has 1 N–H and O–H groups in total. The summed E-state index contributed by atoms with van der Waals surface area (Å²) in [5, 5.41) is 9.61. The highest BCUT2D eigenvalue weighted by atomic mass is 35.5. The number of aliphatic carboxylic acids is 1. The normalized spacial score (nSPS) is 14.9. The van der Waals surface area contributed by atoms with Gasteiger partial charge in [-0.3, -0.25) is 9.78 Å². The van der Waals surface area contributed by atoms with E-state index < -0.39 is 32.1 Å². The summed E-state index contributed by atoms with van der Waals surface area (Å²) in [4.78, 5) is 24.0. The standard InChI is InChI=1S/C26H30ClF3N4O4Si/c1-16-9-21(38-14-25(24(35)36)5-4-6-25)31-12-18(16)17-10-19(27)22(32-11-17)23-33-20(26(28,29)30)13-34(23)15-37-7-8-39(2)3/h9-13,39H,4-8,14-15H2,1-3H3,(H,35,36). The number of hydrogen-bond donors (Lipinski definition) is 1. The van der Waals surface area contributed by atoms with Gasteiger partial charge in [0.05, 0.1) is 5.02 Å². The highest BCUT2D eigenvalue weighted by molar-refractivity contribution is 6.55. The van der Waals surface area contributed by atoms with Gasteiger partial charge in [0, 0.05) is 51.2 Å². The Balaban J connectivity index is 1.55. The van der Waals surface area contributed by atoms with Gasteiger partial charge in [-0.1, -0.05) is 31.1 Å². The SMILES string of the molecule is Cc1cc(OCC2(C(=O)O)CCC2)ncc1-c1cnc(-c2nc(C(F)(F)F)cn2COCC[SiH](C)C)c(Cl)c1. The van der Waals surface area contributed by atoms with Gasteiger partial charge in [0.25, 0.3) is 0 Å². The fraction of sp³-hybridized carbons (Fsp3) is 0.462. The first-order valence-electron chi connectivity index (χ1n) is 12.6. The van der Waals surface area contributed by atoms with Crippen molar-refractivity contribution in [3.8, 4) is 28.5 Å². The number of hydrogen-bond acceptors (Lipinski definition) is 6. The van der Waals surface area contributed by atoms with Gasteiger partial charge in [0.15, 0.2) is 11.5 Å². The van der Waals surface area contributed by atoms with E-state index >= 15 is 0 Å². The third-order valence-electron chi connectivity index (χ3n) is 6.85. The molecule has 1 aliphatic rings. The minimum Gasteiger partial charge on any atom is -0.481 e. The molecule has 3 aromatic heterocycles. The van der Waals surface area contributed by atoms with E-state index in [-0.39, 0.29) is 29.9 Å². The van der Waals surface area contributed by atoms with Crippen LogP contribution in [0.5, 0.6) is 5.88 Å². The predicted molar refractivity (Wildman–Crippen MR) is 142 cm³/mol. The van der Waals surface area contributed by atoms with E-state index in [0.717, 1.165) is 24.2 Å². The molecule has 0 unspecified atom stereocenters. The molecule has 0 bridgehead atoms. The minimum atomic E-state index is -4.63. The zero-order valence-electron chi connectivity index (χ0n) is 21.9. The molecule has 0 spiro atoms. The lowest BCUT2D eigenvalue weighted by Crippen LogP contribution is -2.43. The van der Waals surface area contributed by atoms with Gasteiger partial charge in [-0.25, -0.2) is 9.97 Å². The molecule has 0 aliphatic heterocycles. The van der Waals surface area contributed by atoms with Crippen molar-refractivity contribution in [1.82, 2.24) is 19.5 Å². The molecule has 0 aromatic carbocycles. The summed E-state index contributed by atoms with van der Waals surface area (Å²) < 4.78 is 52.9. The molecule has 0 radical (unpaired) electrons. The highest BCUT2D eigenvalue weighted by Crippen LogP contribution is 2.41. The number of aromatic nitrogens is 4. The topological polar surface area (TPSA) is 99.4 Å². The van der Waals surface area contributed by atoms with Crippen LogP contribution < -0.4 is 4.74 Å². The number of rotatable bonds is 11. The maximum absolute atomic E-state index is 13.4. The fourth-order valence-corrected chi connectivity index (χ4v) is 5.11. The van der Waals surface area contributed by atoms with E-state index in [9.17, 15) is 23.1 Å². The van der Waals surface area contributed by atoms with E-state index in [1.165, 1.54) is 10.8 Å². The Kier molecular flexibility index (Phi) is 8.67. The van der Waals surface area contributed by atoms with Crippen molar-refractivity contribution in [2.45, 2.75) is 58.2 Å². The molecule has 0 atom stereocenters. The number of carbonyl (C=O) groups is 1. The van der Waals surface area contributed by atoms with Gasteiger partial charge in [-0.15, -0.1) is 0 Å². The molecule has 13 heteroatoms. The van der Waals surface area contributed by atoms with E-state index in [1.807, 2.05) is 6.92 Å². The van der Waals surface area contributed by atoms with Crippen LogP contribution >= 0.6 is 11.6 Å². The quantitative estimate of drug-likeness (QED) is 0.216. The van der Waals surface area contributed by atoms with E-state index in [1.54, 1.807) is 18.3 Å². The molecular formula is C26H30ClF3N4O4Si. The zero-order chi connectivity index (χ0) is 28.4. The first-order chi connectivity index (χ1) is 18.4. The summed E-state index contributed by atoms with van der Waals surface area (Å²) in [6.07, 6.45) is 1.34. The van der Waals surface area contributed by atoms with Gasteiger partial charge in [-0.2, -0.15) is 13.2 Å². The molecular weight excluding hydrogens is 553 g/mol. The molecule has 8 nitrogen and oxygen atoms in total. The number of nitrogens with zero attached hydrogens (tertiary/aromatic N) is 4. The largest absolute Gasteiger partial charge is 0.481 e. The Morgan fingerprint density at radius 3 is 2.54 bits per heavy atom. The first-order valence-corrected chi connectivity index (χ1v) is 16.1. The fourth-order valence-electron chi connectivity index (χ4n) is 4.22. The molecule has 3 heterocycles. The second-order valence-electron chi connectivity index (χ2n) is 10.3. The molecule has 1 fully saturated rings. The monoisotopic (exact) mass is 582 g/mol. The Morgan fingerprint density at radius 1 is 1.23 bits per heavy atom. The summed E-state index contributed by atoms with van der Waals surface area (Å²) in [5.74, 6) is -0.599. The Bertz CT molecular complexity index is 1350. The Morgan fingerprint density at radius 2 is 1.97 bits per heavy atom. The van der Waals surface area contributed by atoms with E-state index in [2.05, 4.69) is 28.0 Å². The van der Waals surface area contributed by atoms with Crippen molar-refractivity contribution in [2.24, 2.45) is 5.41 Å². The third-order valence-corrected chi connectivity index (χ3v) is 8.53. The highest BCUT2D eigenvalue weighted by Gasteiger charge is 2.45. The van der Waals surface area contributed by atoms with Crippen LogP contribution in [0.15, 0.2) is 30.7 Å².